The maximum Gasteiger partial charge on any atom is 0.303 e. The maximum absolute atomic E-state index is 12.8. The van der Waals surface area contributed by atoms with E-state index in [1.165, 1.54) is 0 Å². The fraction of sp³-hybridized carbons (Fsp3) is 0.571. The number of hydrogen-bond acceptors (Lipinski definition) is 8. The van der Waals surface area contributed by atoms with Crippen LogP contribution in [-0.2, 0) is 17.6 Å². The molecular weight excluding hydrogens is 729 g/mol. The Morgan fingerprint density at radius 2 is 1.81 bits per heavy atom. The number of fused-ring (bicyclic) bond motifs is 2. The predicted octanol–water partition coefficient (Wildman–Crippen LogP) is 6.90. The lowest BCUT2D eigenvalue weighted by molar-refractivity contribution is -0.138. The number of aryl methyl sites for hydroxylation is 1. The Balaban J connectivity index is 1.62. The molecule has 9 atom stereocenters. The van der Waals surface area contributed by atoms with Crippen LogP contribution in [0.25, 0.3) is 0 Å². The maximum atomic E-state index is 12.8. The van der Waals surface area contributed by atoms with Crippen LogP contribution >= 0.6 is 0 Å². The first-order valence-corrected chi connectivity index (χ1v) is 21.8. The summed E-state index contributed by atoms with van der Waals surface area (Å²) in [6.45, 7) is 3.90. The summed E-state index contributed by atoms with van der Waals surface area (Å²) in [7, 11) is 0. The molecule has 2 heterocycles. The van der Waals surface area contributed by atoms with Crippen molar-refractivity contribution in [3.63, 3.8) is 0 Å². The first kappa shape index (κ1) is 45.3. The molecule has 2 aliphatic heterocycles. The molecule has 316 valence electrons. The van der Waals surface area contributed by atoms with Crippen molar-refractivity contribution in [3.05, 3.63) is 101 Å². The van der Waals surface area contributed by atoms with E-state index in [1.807, 2.05) is 48.6 Å². The molecule has 0 unspecified atom stereocenters. The van der Waals surface area contributed by atoms with Crippen LogP contribution in [0.3, 0.4) is 0 Å². The Bertz CT molecular complexity index is 1760. The number of carboxylic acid groups (broad SMARTS) is 1. The van der Waals surface area contributed by atoms with Gasteiger partial charge < -0.3 is 41.3 Å². The molecule has 0 bridgehead atoms. The van der Waals surface area contributed by atoms with Crippen LogP contribution in [0, 0.1) is 23.7 Å². The molecule has 9 nitrogen and oxygen atoms in total. The summed E-state index contributed by atoms with van der Waals surface area (Å²) in [5.74, 6) is 6.03. The van der Waals surface area contributed by atoms with Crippen molar-refractivity contribution < 1.29 is 35.4 Å². The fourth-order valence-corrected chi connectivity index (χ4v) is 9.29. The van der Waals surface area contributed by atoms with Crippen molar-refractivity contribution in [1.82, 2.24) is 10.6 Å². The largest absolute Gasteiger partial charge is 0.508 e. The third-order valence-corrected chi connectivity index (χ3v) is 12.5. The first-order chi connectivity index (χ1) is 28.0. The summed E-state index contributed by atoms with van der Waals surface area (Å²) in [5, 5.41) is 73.0. The highest BCUT2D eigenvalue weighted by Gasteiger charge is 2.43. The number of aliphatic hydroxyl groups is 4. The van der Waals surface area contributed by atoms with Gasteiger partial charge in [-0.15, -0.1) is 0 Å². The lowest BCUT2D eigenvalue weighted by atomic mass is 9.73. The van der Waals surface area contributed by atoms with Gasteiger partial charge in [0.15, 0.2) is 0 Å². The number of phenolic OH excluding ortho intramolecular Hbond substituents is 1. The van der Waals surface area contributed by atoms with Crippen molar-refractivity contribution in [2.45, 2.75) is 159 Å². The van der Waals surface area contributed by atoms with Crippen molar-refractivity contribution in [2.75, 3.05) is 6.61 Å². The Morgan fingerprint density at radius 3 is 2.57 bits per heavy atom. The number of unbranched alkanes of at least 4 members (excludes halogenated alkanes) is 2. The van der Waals surface area contributed by atoms with E-state index in [0.717, 1.165) is 79.2 Å². The van der Waals surface area contributed by atoms with Gasteiger partial charge in [-0.05, 0) is 111 Å². The zero-order valence-electron chi connectivity index (χ0n) is 34.7. The number of benzene rings is 2. The molecule has 0 radical (unpaired) electrons. The number of carboxylic acids is 1. The molecule has 58 heavy (non-hydrogen) atoms. The van der Waals surface area contributed by atoms with E-state index in [4.69, 9.17) is 0 Å². The number of rotatable bonds is 17. The van der Waals surface area contributed by atoms with E-state index in [9.17, 15) is 35.4 Å². The standard InChI is InChI=1S/C49H68N2O7/c1-3-4-5-16-41(53)28-25-38-23-21-36-12-6-7-13-37(36)22-24-39-15-10-29-49(58,32-35-19-26-42(54)27-20-35)48(39)51-46(44(38)31-43(55)33-52)18-9-17-45-40(30-47(56)57)14-8-11-34(2)50-45/h6-7,10,12-13,15,19-20,25-28,34,39-41,43,45-46,48,50-55,58H,3-5,8-9,11,14,16-18,21,23,29-33H2,1-2H3,(H,56,57)/b28-25+,44-38+/t34-,39-,40+,41+,43+,45+,46+,48+,49+/m1/s1. The second-order valence-corrected chi connectivity index (χ2v) is 17.1. The van der Waals surface area contributed by atoms with Crippen LogP contribution in [0.1, 0.15) is 120 Å². The van der Waals surface area contributed by atoms with Crippen molar-refractivity contribution in [2.24, 2.45) is 11.8 Å². The van der Waals surface area contributed by atoms with Crippen LogP contribution in [-0.4, -0.2) is 85.2 Å². The molecule has 9 heteroatoms. The summed E-state index contributed by atoms with van der Waals surface area (Å²) in [4.78, 5) is 12.0. The van der Waals surface area contributed by atoms with Gasteiger partial charge in [0, 0.05) is 36.5 Å². The molecule has 1 fully saturated rings. The molecule has 5 rings (SSSR count). The summed E-state index contributed by atoms with van der Waals surface area (Å²) in [5.41, 5.74) is 3.50. The van der Waals surface area contributed by atoms with Crippen LogP contribution in [0.15, 0.2) is 84.0 Å². The fourth-order valence-electron chi connectivity index (χ4n) is 9.29. The van der Waals surface area contributed by atoms with Gasteiger partial charge in [-0.2, -0.15) is 0 Å². The number of allylic oxidation sites excluding steroid dienone is 2. The lowest BCUT2D eigenvalue weighted by Crippen LogP contribution is -2.59. The van der Waals surface area contributed by atoms with Crippen molar-refractivity contribution >= 4 is 5.97 Å². The summed E-state index contributed by atoms with van der Waals surface area (Å²) >= 11 is 0. The van der Waals surface area contributed by atoms with Crippen LogP contribution in [0.4, 0.5) is 0 Å². The Hall–Kier alpha value is -3.75. The second-order valence-electron chi connectivity index (χ2n) is 17.1. The van der Waals surface area contributed by atoms with Crippen LogP contribution in [0.2, 0.25) is 0 Å². The minimum absolute atomic E-state index is 0.0178. The van der Waals surface area contributed by atoms with Crippen molar-refractivity contribution in [3.8, 4) is 17.6 Å². The highest BCUT2D eigenvalue weighted by Crippen LogP contribution is 2.36. The normalized spacial score (nSPS) is 28.9. The zero-order chi connectivity index (χ0) is 41.5. The third kappa shape index (κ3) is 13.4. The number of phenols is 1. The predicted molar refractivity (Wildman–Crippen MR) is 230 cm³/mol. The van der Waals surface area contributed by atoms with Crippen LogP contribution in [0.5, 0.6) is 5.75 Å². The second kappa shape index (κ2) is 22.6. The zero-order valence-corrected chi connectivity index (χ0v) is 34.7. The number of aromatic hydroxyl groups is 1. The van der Waals surface area contributed by atoms with E-state index >= 15 is 0 Å². The number of aliphatic carboxylic acids is 1. The lowest BCUT2D eigenvalue weighted by Gasteiger charge is -2.44. The van der Waals surface area contributed by atoms with Gasteiger partial charge in [0.05, 0.1) is 36.4 Å². The molecule has 2 aromatic rings. The van der Waals surface area contributed by atoms with E-state index < -0.39 is 36.4 Å². The number of aliphatic hydroxyl groups excluding tert-OH is 3. The summed E-state index contributed by atoms with van der Waals surface area (Å²) in [6.07, 6.45) is 17.2. The molecule has 8 N–H and O–H groups in total. The van der Waals surface area contributed by atoms with Gasteiger partial charge >= 0.3 is 5.97 Å². The van der Waals surface area contributed by atoms with Crippen molar-refractivity contribution in [1.29, 1.82) is 0 Å². The summed E-state index contributed by atoms with van der Waals surface area (Å²) < 4.78 is 0. The molecular formula is C49H68N2O7. The average molecular weight is 797 g/mol. The first-order valence-electron chi connectivity index (χ1n) is 21.8. The highest BCUT2D eigenvalue weighted by atomic mass is 16.4. The number of hydrogen-bond donors (Lipinski definition) is 8. The topological polar surface area (TPSA) is 163 Å². The number of carbonyl (C=O) groups is 1. The minimum Gasteiger partial charge on any atom is -0.508 e. The summed E-state index contributed by atoms with van der Waals surface area (Å²) in [6, 6.07) is 14.5. The molecule has 3 aliphatic rings. The SMILES string of the molecule is CCCCC[C@H](O)/C=C/C1=C(\C[C@H](O)CO)[C@H](CCC[C@@H]2N[C@H](C)CCC[C@H]2CC(=O)O)N[C@H]2[C@@H](C#Cc3ccccc3CC1)C=CC[C@]2(O)Cc1ccc(O)cc1. The van der Waals surface area contributed by atoms with E-state index in [2.05, 4.69) is 48.5 Å². The molecule has 0 amide bonds. The molecule has 2 aromatic carbocycles. The quantitative estimate of drug-likeness (QED) is 0.0484. The molecule has 0 saturated carbocycles. The van der Waals surface area contributed by atoms with Gasteiger partial charge in [-0.25, -0.2) is 0 Å². The van der Waals surface area contributed by atoms with Gasteiger partial charge in [0.25, 0.3) is 0 Å². The van der Waals surface area contributed by atoms with Gasteiger partial charge in [-0.1, -0.05) is 106 Å². The Labute approximate surface area is 346 Å². The minimum atomic E-state index is -1.27. The highest BCUT2D eigenvalue weighted by molar-refractivity contribution is 5.67. The monoisotopic (exact) mass is 797 g/mol. The molecule has 0 spiro atoms. The van der Waals surface area contributed by atoms with E-state index in [1.54, 1.807) is 12.1 Å². The smallest absolute Gasteiger partial charge is 0.303 e. The molecule has 0 aromatic heterocycles. The molecule has 1 aliphatic carbocycles. The Kier molecular flexibility index (Phi) is 17.6. The number of nitrogens with one attached hydrogen (secondary N) is 2. The molecule has 1 saturated heterocycles. The Morgan fingerprint density at radius 1 is 1.02 bits per heavy atom. The van der Waals surface area contributed by atoms with E-state index in [-0.39, 0.29) is 48.6 Å². The van der Waals surface area contributed by atoms with Crippen LogP contribution < -0.4 is 10.6 Å². The average Bonchev–Trinajstić information content (AvgIpc) is 3.37. The third-order valence-electron chi connectivity index (χ3n) is 12.5. The van der Waals surface area contributed by atoms with Gasteiger partial charge in [-0.3, -0.25) is 4.79 Å². The van der Waals surface area contributed by atoms with Gasteiger partial charge in [0.2, 0.25) is 0 Å². The van der Waals surface area contributed by atoms with E-state index in [0.29, 0.717) is 38.5 Å². The van der Waals surface area contributed by atoms with Gasteiger partial charge in [0.1, 0.15) is 5.75 Å².